The molecule has 0 fully saturated rings. The predicted octanol–water partition coefficient (Wildman–Crippen LogP) is 5.27. The van der Waals surface area contributed by atoms with Gasteiger partial charge in [-0.25, -0.2) is 0 Å². The summed E-state index contributed by atoms with van der Waals surface area (Å²) in [7, 11) is 1.58. The topological polar surface area (TPSA) is 50.4 Å². The minimum atomic E-state index is -0.180. The van der Waals surface area contributed by atoms with Gasteiger partial charge in [0.2, 0.25) is 0 Å². The number of hydrogen-bond donors (Lipinski definition) is 2. The number of hydrogen-bond acceptors (Lipinski definition) is 4. The van der Waals surface area contributed by atoms with Crippen molar-refractivity contribution in [1.82, 2.24) is 0 Å². The van der Waals surface area contributed by atoms with Gasteiger partial charge in [-0.15, -0.1) is 11.3 Å². The Hall–Kier alpha value is -2.50. The Balaban J connectivity index is 1.62. The number of halogens is 1. The molecule has 1 heterocycles. The first-order valence-corrected chi connectivity index (χ1v) is 8.87. The van der Waals surface area contributed by atoms with Crippen molar-refractivity contribution in [2.45, 2.75) is 6.54 Å². The van der Waals surface area contributed by atoms with Gasteiger partial charge in [-0.2, -0.15) is 0 Å². The van der Waals surface area contributed by atoms with E-state index in [1.807, 2.05) is 36.4 Å². The molecule has 0 aliphatic heterocycles. The van der Waals surface area contributed by atoms with Gasteiger partial charge in [-0.3, -0.25) is 4.79 Å². The molecule has 25 heavy (non-hydrogen) atoms. The van der Waals surface area contributed by atoms with E-state index in [0.29, 0.717) is 23.5 Å². The molecule has 2 N–H and O–H groups in total. The lowest BCUT2D eigenvalue weighted by molar-refractivity contribution is 0.102. The largest absolute Gasteiger partial charge is 0.495 e. The standard InChI is InChI=1S/C19H17ClN2O2S/c1-24-17-5-3-2-4-16(17)22-19(23)13-6-8-14(9-7-13)21-12-15-10-11-18(20)25-15/h2-11,21H,12H2,1H3,(H,22,23). The zero-order valence-electron chi connectivity index (χ0n) is 13.6. The summed E-state index contributed by atoms with van der Waals surface area (Å²) in [5.41, 5.74) is 2.17. The van der Waals surface area contributed by atoms with Gasteiger partial charge in [-0.05, 0) is 48.5 Å². The van der Waals surface area contributed by atoms with E-state index in [9.17, 15) is 4.79 Å². The van der Waals surface area contributed by atoms with Crippen LogP contribution in [0.3, 0.4) is 0 Å². The van der Waals surface area contributed by atoms with Gasteiger partial charge in [0.15, 0.2) is 0 Å². The number of methoxy groups -OCH3 is 1. The van der Waals surface area contributed by atoms with E-state index in [1.54, 1.807) is 42.7 Å². The average Bonchev–Trinajstić information content (AvgIpc) is 3.06. The van der Waals surface area contributed by atoms with E-state index in [-0.39, 0.29) is 5.91 Å². The van der Waals surface area contributed by atoms with E-state index in [4.69, 9.17) is 16.3 Å². The number of nitrogens with one attached hydrogen (secondary N) is 2. The van der Waals surface area contributed by atoms with Crippen LogP contribution in [0.2, 0.25) is 4.34 Å². The predicted molar refractivity (Wildman–Crippen MR) is 104 cm³/mol. The van der Waals surface area contributed by atoms with Crippen LogP contribution >= 0.6 is 22.9 Å². The van der Waals surface area contributed by atoms with Gasteiger partial charge >= 0.3 is 0 Å². The van der Waals surface area contributed by atoms with Crippen molar-refractivity contribution in [1.29, 1.82) is 0 Å². The lowest BCUT2D eigenvalue weighted by atomic mass is 10.2. The maximum absolute atomic E-state index is 12.4. The molecule has 6 heteroatoms. The lowest BCUT2D eigenvalue weighted by Gasteiger charge is -2.10. The first kappa shape index (κ1) is 17.3. The Morgan fingerprint density at radius 1 is 1.08 bits per heavy atom. The van der Waals surface area contributed by atoms with E-state index in [1.165, 1.54) is 0 Å². The summed E-state index contributed by atoms with van der Waals surface area (Å²) < 4.78 is 6.02. The second kappa shape index (κ2) is 8.05. The molecule has 1 aromatic heterocycles. The Labute approximate surface area is 155 Å². The lowest BCUT2D eigenvalue weighted by Crippen LogP contribution is -2.12. The van der Waals surface area contributed by atoms with Gasteiger partial charge in [0.05, 0.1) is 17.1 Å². The van der Waals surface area contributed by atoms with E-state index >= 15 is 0 Å². The van der Waals surface area contributed by atoms with E-state index in [2.05, 4.69) is 10.6 Å². The number of benzene rings is 2. The molecule has 0 saturated heterocycles. The van der Waals surface area contributed by atoms with Crippen molar-refractivity contribution in [2.75, 3.05) is 17.7 Å². The van der Waals surface area contributed by atoms with Gasteiger partial charge in [0, 0.05) is 22.7 Å². The zero-order chi connectivity index (χ0) is 17.6. The number of thiophene rings is 1. The van der Waals surface area contributed by atoms with Crippen LogP contribution in [-0.2, 0) is 6.54 Å². The van der Waals surface area contributed by atoms with Crippen molar-refractivity contribution in [3.05, 3.63) is 75.4 Å². The Bertz CT molecular complexity index is 862. The summed E-state index contributed by atoms with van der Waals surface area (Å²) in [6.45, 7) is 0.699. The molecule has 0 bridgehead atoms. The second-order valence-electron chi connectivity index (χ2n) is 5.29. The molecular formula is C19H17ClN2O2S. The number of amides is 1. The smallest absolute Gasteiger partial charge is 0.255 e. The third-order valence-corrected chi connectivity index (χ3v) is 4.83. The van der Waals surface area contributed by atoms with Crippen LogP contribution in [0, 0.1) is 0 Å². The fraction of sp³-hybridized carbons (Fsp3) is 0.105. The summed E-state index contributed by atoms with van der Waals surface area (Å²) in [5.74, 6) is 0.449. The molecule has 0 radical (unpaired) electrons. The number of carbonyl (C=O) groups excluding carboxylic acids is 1. The maximum atomic E-state index is 12.4. The number of rotatable bonds is 6. The Morgan fingerprint density at radius 3 is 2.52 bits per heavy atom. The minimum Gasteiger partial charge on any atom is -0.495 e. The van der Waals surface area contributed by atoms with E-state index in [0.717, 1.165) is 14.9 Å². The molecule has 0 saturated carbocycles. The fourth-order valence-electron chi connectivity index (χ4n) is 2.32. The number of carbonyl (C=O) groups is 1. The number of ether oxygens (including phenoxy) is 1. The van der Waals surface area contributed by atoms with Gasteiger partial charge < -0.3 is 15.4 Å². The van der Waals surface area contributed by atoms with E-state index < -0.39 is 0 Å². The van der Waals surface area contributed by atoms with Crippen molar-refractivity contribution in [2.24, 2.45) is 0 Å². The van der Waals surface area contributed by atoms with Crippen LogP contribution in [0.5, 0.6) is 5.75 Å². The monoisotopic (exact) mass is 372 g/mol. The molecule has 3 aromatic rings. The van der Waals surface area contributed by atoms with Crippen molar-refractivity contribution in [3.63, 3.8) is 0 Å². The highest BCUT2D eigenvalue weighted by molar-refractivity contribution is 7.16. The average molecular weight is 373 g/mol. The molecule has 0 unspecified atom stereocenters. The molecule has 128 valence electrons. The molecule has 2 aromatic carbocycles. The SMILES string of the molecule is COc1ccccc1NC(=O)c1ccc(NCc2ccc(Cl)s2)cc1. The van der Waals surface area contributed by atoms with Crippen LogP contribution in [0.15, 0.2) is 60.7 Å². The maximum Gasteiger partial charge on any atom is 0.255 e. The van der Waals surface area contributed by atoms with Crippen LogP contribution in [-0.4, -0.2) is 13.0 Å². The Morgan fingerprint density at radius 2 is 1.84 bits per heavy atom. The van der Waals surface area contributed by atoms with Gasteiger partial charge in [-0.1, -0.05) is 23.7 Å². The van der Waals surface area contributed by atoms with Crippen LogP contribution in [0.4, 0.5) is 11.4 Å². The van der Waals surface area contributed by atoms with Crippen molar-refractivity contribution in [3.8, 4) is 5.75 Å². The van der Waals surface area contributed by atoms with Crippen LogP contribution in [0.25, 0.3) is 0 Å². The molecule has 1 amide bonds. The summed E-state index contributed by atoms with van der Waals surface area (Å²) >= 11 is 7.47. The third-order valence-electron chi connectivity index (χ3n) is 3.60. The summed E-state index contributed by atoms with van der Waals surface area (Å²) in [5, 5.41) is 6.17. The molecule has 3 rings (SSSR count). The van der Waals surface area contributed by atoms with Crippen molar-refractivity contribution < 1.29 is 9.53 Å². The van der Waals surface area contributed by atoms with Gasteiger partial charge in [0.25, 0.3) is 5.91 Å². The van der Waals surface area contributed by atoms with Crippen LogP contribution in [0.1, 0.15) is 15.2 Å². The van der Waals surface area contributed by atoms with Crippen molar-refractivity contribution >= 4 is 40.2 Å². The number of anilines is 2. The molecule has 0 aliphatic rings. The van der Waals surface area contributed by atoms with Gasteiger partial charge in [0.1, 0.15) is 5.75 Å². The Kier molecular flexibility index (Phi) is 5.58. The minimum absolute atomic E-state index is 0.180. The molecule has 0 spiro atoms. The quantitative estimate of drug-likeness (QED) is 0.619. The summed E-state index contributed by atoms with van der Waals surface area (Å²) in [6.07, 6.45) is 0. The highest BCUT2D eigenvalue weighted by Crippen LogP contribution is 2.24. The first-order chi connectivity index (χ1) is 12.2. The normalized spacial score (nSPS) is 10.3. The zero-order valence-corrected chi connectivity index (χ0v) is 15.2. The summed E-state index contributed by atoms with van der Waals surface area (Å²) in [4.78, 5) is 13.5. The molecule has 0 aliphatic carbocycles. The van der Waals surface area contributed by atoms with Crippen LogP contribution < -0.4 is 15.4 Å². The molecule has 4 nitrogen and oxygen atoms in total. The molecular weight excluding hydrogens is 356 g/mol. The number of para-hydroxylation sites is 2. The first-order valence-electron chi connectivity index (χ1n) is 7.68. The fourth-order valence-corrected chi connectivity index (χ4v) is 3.35. The highest BCUT2D eigenvalue weighted by Gasteiger charge is 2.09. The third kappa shape index (κ3) is 4.53. The summed E-state index contributed by atoms with van der Waals surface area (Å²) in [6, 6.07) is 18.5. The molecule has 0 atom stereocenters. The second-order valence-corrected chi connectivity index (χ2v) is 7.09. The highest BCUT2D eigenvalue weighted by atomic mass is 35.5.